The second-order valence-electron chi connectivity index (χ2n) is 7.44. The van der Waals surface area contributed by atoms with Crippen LogP contribution in [0.15, 0.2) is 0 Å². The summed E-state index contributed by atoms with van der Waals surface area (Å²) < 4.78 is 27.4. The Hall–Kier alpha value is -2.53. The van der Waals surface area contributed by atoms with E-state index in [4.69, 9.17) is 23.7 Å². The van der Waals surface area contributed by atoms with Gasteiger partial charge in [-0.2, -0.15) is 0 Å². The van der Waals surface area contributed by atoms with Crippen molar-refractivity contribution in [3.63, 3.8) is 0 Å². The molecular formula is C21H33NO10. The van der Waals surface area contributed by atoms with E-state index in [1.807, 2.05) is 0 Å². The van der Waals surface area contributed by atoms with Crippen molar-refractivity contribution < 1.29 is 47.7 Å². The molecule has 5 atom stereocenters. The molecule has 1 aliphatic rings. The molecule has 1 amide bonds. The lowest BCUT2D eigenvalue weighted by molar-refractivity contribution is -0.277. The van der Waals surface area contributed by atoms with E-state index in [0.717, 1.165) is 0 Å². The zero-order valence-electron chi connectivity index (χ0n) is 19.2. The van der Waals surface area contributed by atoms with E-state index in [0.29, 0.717) is 25.7 Å². The summed E-state index contributed by atoms with van der Waals surface area (Å²) in [6, 6.07) is -0.994. The Morgan fingerprint density at radius 3 is 2.03 bits per heavy atom. The van der Waals surface area contributed by atoms with Gasteiger partial charge >= 0.3 is 17.9 Å². The first-order valence-electron chi connectivity index (χ1n) is 10.6. The van der Waals surface area contributed by atoms with Crippen molar-refractivity contribution in [3.8, 4) is 0 Å². The highest BCUT2D eigenvalue weighted by molar-refractivity contribution is 5.77. The second-order valence-corrected chi connectivity index (χ2v) is 7.44. The number of rotatable bonds is 12. The van der Waals surface area contributed by atoms with Crippen LogP contribution in [0.2, 0.25) is 0 Å². The Balaban J connectivity index is 3.07. The van der Waals surface area contributed by atoms with E-state index in [1.165, 1.54) is 27.7 Å². The van der Waals surface area contributed by atoms with Gasteiger partial charge in [-0.15, -0.1) is 0 Å². The van der Waals surface area contributed by atoms with Crippen LogP contribution in [0.1, 0.15) is 60.3 Å². The van der Waals surface area contributed by atoms with Gasteiger partial charge in [-0.1, -0.05) is 6.92 Å². The molecule has 182 valence electrons. The molecule has 1 rings (SSSR count). The third-order valence-electron chi connectivity index (χ3n) is 4.60. The predicted octanol–water partition coefficient (Wildman–Crippen LogP) is 0.809. The smallest absolute Gasteiger partial charge is 0.303 e. The number of nitrogens with one attached hydrogen (secondary N) is 1. The number of carbonyl (C=O) groups excluding carboxylic acids is 5. The van der Waals surface area contributed by atoms with Crippen LogP contribution < -0.4 is 5.32 Å². The maximum atomic E-state index is 11.8. The summed E-state index contributed by atoms with van der Waals surface area (Å²) in [5.74, 6) is -2.23. The Labute approximate surface area is 187 Å². The van der Waals surface area contributed by atoms with E-state index in [1.54, 1.807) is 6.92 Å². The van der Waals surface area contributed by atoms with Gasteiger partial charge in [-0.05, 0) is 12.8 Å². The molecule has 11 heteroatoms. The van der Waals surface area contributed by atoms with Crippen molar-refractivity contribution >= 4 is 29.6 Å². The lowest BCUT2D eigenvalue weighted by Gasteiger charge is -2.44. The van der Waals surface area contributed by atoms with Gasteiger partial charge in [0, 0.05) is 47.1 Å². The van der Waals surface area contributed by atoms with Crippen LogP contribution in [-0.2, 0) is 47.7 Å². The van der Waals surface area contributed by atoms with Crippen LogP contribution >= 0.6 is 0 Å². The highest BCUT2D eigenvalue weighted by Crippen LogP contribution is 2.28. The lowest BCUT2D eigenvalue weighted by Crippen LogP contribution is -2.66. The second kappa shape index (κ2) is 13.8. The highest BCUT2D eigenvalue weighted by atomic mass is 16.7. The van der Waals surface area contributed by atoms with Crippen LogP contribution in [0.5, 0.6) is 0 Å². The number of hydrogen-bond donors (Lipinski definition) is 1. The molecule has 0 aromatic carbocycles. The monoisotopic (exact) mass is 459 g/mol. The molecular weight excluding hydrogens is 426 g/mol. The summed E-state index contributed by atoms with van der Waals surface area (Å²) in [6.45, 7) is 6.52. The molecule has 0 saturated carbocycles. The minimum absolute atomic E-state index is 0.149. The minimum atomic E-state index is -1.16. The van der Waals surface area contributed by atoms with E-state index < -0.39 is 54.5 Å². The van der Waals surface area contributed by atoms with E-state index >= 15 is 0 Å². The molecule has 1 fully saturated rings. The summed E-state index contributed by atoms with van der Waals surface area (Å²) in [5, 5.41) is 2.62. The van der Waals surface area contributed by atoms with Crippen molar-refractivity contribution in [2.24, 2.45) is 0 Å². The Morgan fingerprint density at radius 1 is 0.875 bits per heavy atom. The summed E-state index contributed by atoms with van der Waals surface area (Å²) in [6.07, 6.45) is -2.34. The van der Waals surface area contributed by atoms with Gasteiger partial charge in [0.1, 0.15) is 24.5 Å². The van der Waals surface area contributed by atoms with Crippen molar-refractivity contribution in [2.75, 3.05) is 13.2 Å². The zero-order chi connectivity index (χ0) is 24.3. The van der Waals surface area contributed by atoms with Gasteiger partial charge in [0.05, 0.1) is 0 Å². The number of hydrogen-bond acceptors (Lipinski definition) is 10. The van der Waals surface area contributed by atoms with Crippen LogP contribution in [0.25, 0.3) is 0 Å². The van der Waals surface area contributed by atoms with Crippen molar-refractivity contribution in [1.29, 1.82) is 0 Å². The Kier molecular flexibility index (Phi) is 11.9. The zero-order valence-corrected chi connectivity index (χ0v) is 19.2. The summed E-state index contributed by atoms with van der Waals surface area (Å²) in [7, 11) is 0. The number of unbranched alkanes of at least 4 members (excludes halogenated alkanes) is 1. The molecule has 0 radical (unpaired) electrons. The molecule has 1 saturated heterocycles. The standard InChI is InChI=1S/C21H33NO10/c1-6-16(27)9-7-8-10-28-21-18(22-12(2)23)20(31-15(5)26)19(30-14(4)25)17(32-21)11-29-13(3)24/h17-21H,6-11H2,1-5H3,(H,22,23). The number of amides is 1. The number of carbonyl (C=O) groups is 5. The maximum Gasteiger partial charge on any atom is 0.303 e. The molecule has 0 aromatic heterocycles. The molecule has 0 spiro atoms. The van der Waals surface area contributed by atoms with Gasteiger partial charge in [-0.3, -0.25) is 24.0 Å². The van der Waals surface area contributed by atoms with E-state index in [2.05, 4.69) is 5.32 Å². The van der Waals surface area contributed by atoms with Gasteiger partial charge in [-0.25, -0.2) is 0 Å². The van der Waals surface area contributed by atoms with Crippen molar-refractivity contribution in [3.05, 3.63) is 0 Å². The molecule has 1 aliphatic heterocycles. The van der Waals surface area contributed by atoms with Crippen LogP contribution in [0.4, 0.5) is 0 Å². The Morgan fingerprint density at radius 2 is 1.50 bits per heavy atom. The molecule has 1 heterocycles. The Bertz CT molecular complexity index is 679. The molecule has 0 aliphatic carbocycles. The molecule has 32 heavy (non-hydrogen) atoms. The average Bonchev–Trinajstić information content (AvgIpc) is 2.69. The first kappa shape index (κ1) is 27.5. The molecule has 5 unspecified atom stereocenters. The maximum absolute atomic E-state index is 11.8. The summed E-state index contributed by atoms with van der Waals surface area (Å²) in [5.41, 5.74) is 0. The van der Waals surface area contributed by atoms with Crippen molar-refractivity contribution in [1.82, 2.24) is 5.32 Å². The number of esters is 3. The third kappa shape index (κ3) is 9.73. The fourth-order valence-corrected chi connectivity index (χ4v) is 3.23. The van der Waals surface area contributed by atoms with Gasteiger partial charge in [0.2, 0.25) is 5.91 Å². The van der Waals surface area contributed by atoms with Crippen LogP contribution in [0.3, 0.4) is 0 Å². The number of ketones is 1. The molecule has 0 bridgehead atoms. The average molecular weight is 459 g/mol. The summed E-state index contributed by atoms with van der Waals surface area (Å²) >= 11 is 0. The first-order valence-corrected chi connectivity index (χ1v) is 10.6. The van der Waals surface area contributed by atoms with Gasteiger partial charge < -0.3 is 29.0 Å². The lowest BCUT2D eigenvalue weighted by atomic mass is 9.96. The fourth-order valence-electron chi connectivity index (χ4n) is 3.23. The quantitative estimate of drug-likeness (QED) is 0.253. The fraction of sp³-hybridized carbons (Fsp3) is 0.762. The third-order valence-corrected chi connectivity index (χ3v) is 4.60. The van der Waals surface area contributed by atoms with Gasteiger partial charge in [0.15, 0.2) is 18.5 Å². The van der Waals surface area contributed by atoms with Crippen LogP contribution in [-0.4, -0.2) is 73.5 Å². The summed E-state index contributed by atoms with van der Waals surface area (Å²) in [4.78, 5) is 58.0. The topological polar surface area (TPSA) is 144 Å². The van der Waals surface area contributed by atoms with Gasteiger partial charge in [0.25, 0.3) is 0 Å². The largest absolute Gasteiger partial charge is 0.463 e. The molecule has 1 N–H and O–H groups in total. The number of Topliss-reactive ketones (excluding diaryl/α,β-unsaturated/α-hetero) is 1. The normalized spacial score (nSPS) is 24.8. The molecule has 0 aromatic rings. The van der Waals surface area contributed by atoms with Crippen LogP contribution in [0, 0.1) is 0 Å². The highest BCUT2D eigenvalue weighted by Gasteiger charge is 2.51. The predicted molar refractivity (Wildman–Crippen MR) is 109 cm³/mol. The molecule has 11 nitrogen and oxygen atoms in total. The number of ether oxygens (including phenoxy) is 5. The first-order chi connectivity index (χ1) is 15.0. The van der Waals surface area contributed by atoms with Crippen molar-refractivity contribution in [2.45, 2.75) is 90.9 Å². The minimum Gasteiger partial charge on any atom is -0.463 e. The van der Waals surface area contributed by atoms with E-state index in [-0.39, 0.29) is 19.0 Å². The van der Waals surface area contributed by atoms with E-state index in [9.17, 15) is 24.0 Å². The SMILES string of the molecule is CCC(=O)CCCCOC1OC(COC(C)=O)C(OC(C)=O)C(OC(C)=O)C1NC(C)=O.